The predicted octanol–water partition coefficient (Wildman–Crippen LogP) is -0.260. The Labute approximate surface area is 61.7 Å². The Hall–Kier alpha value is -1.65. The number of aliphatic carboxylic acids is 1. The Morgan fingerprint density at radius 2 is 2.27 bits per heavy atom. The van der Waals surface area contributed by atoms with Crippen LogP contribution in [0.2, 0.25) is 0 Å². The molecule has 5 heteroatoms. The van der Waals surface area contributed by atoms with Crippen LogP contribution < -0.4 is 0 Å². The Bertz CT molecular complexity index is 266. The van der Waals surface area contributed by atoms with Crippen LogP contribution in [0, 0.1) is 5.92 Å². The number of hydrogen-bond acceptors (Lipinski definition) is 3. The van der Waals surface area contributed by atoms with Crippen molar-refractivity contribution in [2.75, 3.05) is 0 Å². The molecule has 0 aromatic heterocycles. The fourth-order valence-corrected chi connectivity index (χ4v) is 0.668. The van der Waals surface area contributed by atoms with Crippen molar-refractivity contribution in [2.24, 2.45) is 10.9 Å². The normalized spacial score (nSPS) is 23.1. The first-order valence-corrected chi connectivity index (χ1v) is 2.83. The molecule has 0 aliphatic carbocycles. The van der Waals surface area contributed by atoms with E-state index in [0.717, 1.165) is 12.3 Å². The lowest BCUT2D eigenvalue weighted by molar-refractivity contribution is -0.138. The second-order valence-corrected chi connectivity index (χ2v) is 2.00. The smallest absolute Gasteiger partial charge is 0.319 e. The van der Waals surface area contributed by atoms with Crippen molar-refractivity contribution >= 4 is 18.1 Å². The molecule has 1 aliphatic heterocycles. The number of rotatable bonds is 1. The topological polar surface area (TPSA) is 87.0 Å². The van der Waals surface area contributed by atoms with Crippen molar-refractivity contribution in [1.82, 2.24) is 0 Å². The van der Waals surface area contributed by atoms with Crippen LogP contribution in [-0.4, -0.2) is 28.3 Å². The molecular formula is C6H5NO4. The lowest BCUT2D eigenvalue weighted by Gasteiger charge is -2.07. The third-order valence-electron chi connectivity index (χ3n) is 1.21. The molecule has 0 fully saturated rings. The maximum atomic E-state index is 10.4. The Morgan fingerprint density at radius 1 is 1.64 bits per heavy atom. The summed E-state index contributed by atoms with van der Waals surface area (Å²) in [5, 5.41) is 17.3. The van der Waals surface area contributed by atoms with Crippen molar-refractivity contribution in [3.63, 3.8) is 0 Å². The average Bonchev–Trinajstić information content (AvgIpc) is 1.85. The standard InChI is InChI=1S/C6H5NO4/c8-4-1-5(9)7-2-3(4)6(10)11/h1-3,8H,(H,10,11). The molecule has 1 rings (SSSR count). The zero-order chi connectivity index (χ0) is 8.43. The lowest BCUT2D eigenvalue weighted by atomic mass is 10.1. The summed E-state index contributed by atoms with van der Waals surface area (Å²) in [4.78, 5) is 23.9. The molecule has 11 heavy (non-hydrogen) atoms. The highest BCUT2D eigenvalue weighted by Crippen LogP contribution is 2.09. The number of amides is 1. The number of nitrogens with zero attached hydrogens (tertiary/aromatic N) is 1. The minimum atomic E-state index is -1.23. The number of carbonyl (C=O) groups is 2. The largest absolute Gasteiger partial charge is 0.511 e. The first kappa shape index (κ1) is 7.46. The molecular weight excluding hydrogens is 150 g/mol. The van der Waals surface area contributed by atoms with E-state index in [9.17, 15) is 9.59 Å². The number of carbonyl (C=O) groups excluding carboxylic acids is 1. The fraction of sp³-hybridized carbons (Fsp3) is 0.167. The monoisotopic (exact) mass is 155 g/mol. The number of aliphatic hydroxyl groups excluding tert-OH is 1. The second-order valence-electron chi connectivity index (χ2n) is 2.00. The van der Waals surface area contributed by atoms with Gasteiger partial charge in [0.25, 0.3) is 5.91 Å². The summed E-state index contributed by atoms with van der Waals surface area (Å²) in [7, 11) is 0. The molecule has 0 radical (unpaired) electrons. The van der Waals surface area contributed by atoms with Crippen LogP contribution in [0.5, 0.6) is 0 Å². The molecule has 1 heterocycles. The molecule has 0 saturated heterocycles. The highest BCUT2D eigenvalue weighted by atomic mass is 16.4. The van der Waals surface area contributed by atoms with Gasteiger partial charge in [-0.15, -0.1) is 0 Å². The van der Waals surface area contributed by atoms with E-state index in [4.69, 9.17) is 10.2 Å². The number of hydrogen-bond donors (Lipinski definition) is 2. The van der Waals surface area contributed by atoms with Crippen molar-refractivity contribution < 1.29 is 19.8 Å². The minimum absolute atomic E-state index is 0.475. The van der Waals surface area contributed by atoms with Gasteiger partial charge in [0.15, 0.2) is 0 Å². The fourth-order valence-electron chi connectivity index (χ4n) is 0.668. The first-order chi connectivity index (χ1) is 5.11. The van der Waals surface area contributed by atoms with Gasteiger partial charge in [-0.2, -0.15) is 0 Å². The van der Waals surface area contributed by atoms with Gasteiger partial charge >= 0.3 is 5.97 Å². The molecule has 0 spiro atoms. The van der Waals surface area contributed by atoms with E-state index in [1.807, 2.05) is 0 Å². The summed E-state index contributed by atoms with van der Waals surface area (Å²) >= 11 is 0. The third kappa shape index (κ3) is 1.43. The van der Waals surface area contributed by atoms with Gasteiger partial charge in [-0.05, 0) is 0 Å². The van der Waals surface area contributed by atoms with E-state index in [2.05, 4.69) is 4.99 Å². The molecule has 2 N–H and O–H groups in total. The molecule has 0 saturated carbocycles. The van der Waals surface area contributed by atoms with Crippen LogP contribution >= 0.6 is 0 Å². The Kier molecular flexibility index (Phi) is 1.72. The third-order valence-corrected chi connectivity index (χ3v) is 1.21. The zero-order valence-corrected chi connectivity index (χ0v) is 5.39. The van der Waals surface area contributed by atoms with E-state index >= 15 is 0 Å². The molecule has 0 bridgehead atoms. The number of carboxylic acid groups (broad SMARTS) is 1. The molecule has 0 aromatic carbocycles. The van der Waals surface area contributed by atoms with Crippen molar-refractivity contribution in [2.45, 2.75) is 0 Å². The molecule has 1 aliphatic rings. The van der Waals surface area contributed by atoms with Crippen molar-refractivity contribution in [1.29, 1.82) is 0 Å². The SMILES string of the molecule is O=C1C=C(O)C(C(=O)O)C=N1. The van der Waals surface area contributed by atoms with Gasteiger partial charge in [0.2, 0.25) is 0 Å². The number of aliphatic imine (C=N–C) groups is 1. The van der Waals surface area contributed by atoms with Gasteiger partial charge in [-0.25, -0.2) is 4.99 Å². The second kappa shape index (κ2) is 2.53. The summed E-state index contributed by atoms with van der Waals surface area (Å²) in [6.45, 7) is 0. The highest BCUT2D eigenvalue weighted by Gasteiger charge is 2.23. The summed E-state index contributed by atoms with van der Waals surface area (Å²) in [5.41, 5.74) is 0. The number of aliphatic hydroxyl groups is 1. The molecule has 0 aromatic rings. The van der Waals surface area contributed by atoms with Crippen molar-refractivity contribution in [3.8, 4) is 0 Å². The molecule has 1 unspecified atom stereocenters. The number of carboxylic acids is 1. The van der Waals surface area contributed by atoms with Crippen molar-refractivity contribution in [3.05, 3.63) is 11.8 Å². The summed E-state index contributed by atoms with van der Waals surface area (Å²) in [6.07, 6.45) is 1.69. The first-order valence-electron chi connectivity index (χ1n) is 2.83. The average molecular weight is 155 g/mol. The van der Waals surface area contributed by atoms with E-state index < -0.39 is 23.6 Å². The highest BCUT2D eigenvalue weighted by molar-refractivity contribution is 6.04. The Morgan fingerprint density at radius 3 is 2.73 bits per heavy atom. The molecule has 1 atom stereocenters. The molecule has 58 valence electrons. The maximum Gasteiger partial charge on any atom is 0.319 e. The molecule has 5 nitrogen and oxygen atoms in total. The summed E-state index contributed by atoms with van der Waals surface area (Å²) in [6, 6.07) is 0. The zero-order valence-electron chi connectivity index (χ0n) is 5.39. The van der Waals surface area contributed by atoms with E-state index in [-0.39, 0.29) is 0 Å². The molecule has 1 amide bonds. The van der Waals surface area contributed by atoms with Crippen LogP contribution in [0.1, 0.15) is 0 Å². The number of dihydropyridines is 1. The van der Waals surface area contributed by atoms with Gasteiger partial charge in [0.05, 0.1) is 0 Å². The quantitative estimate of drug-likeness (QED) is 0.546. The predicted molar refractivity (Wildman–Crippen MR) is 35.3 cm³/mol. The Balaban J connectivity index is 2.88. The van der Waals surface area contributed by atoms with Crippen LogP contribution in [0.3, 0.4) is 0 Å². The van der Waals surface area contributed by atoms with Gasteiger partial charge in [0.1, 0.15) is 11.7 Å². The van der Waals surface area contributed by atoms with Gasteiger partial charge in [0, 0.05) is 12.3 Å². The minimum Gasteiger partial charge on any atom is -0.511 e. The van der Waals surface area contributed by atoms with Crippen LogP contribution in [-0.2, 0) is 9.59 Å². The van der Waals surface area contributed by atoms with Gasteiger partial charge in [-0.3, -0.25) is 9.59 Å². The van der Waals surface area contributed by atoms with Crippen LogP contribution in [0.15, 0.2) is 16.8 Å². The maximum absolute atomic E-state index is 10.4. The van der Waals surface area contributed by atoms with E-state index in [1.54, 1.807) is 0 Å². The van der Waals surface area contributed by atoms with Crippen LogP contribution in [0.4, 0.5) is 0 Å². The lowest BCUT2D eigenvalue weighted by Crippen LogP contribution is -2.21. The summed E-state index contributed by atoms with van der Waals surface area (Å²) in [5.74, 6) is -3.51. The van der Waals surface area contributed by atoms with Gasteiger partial charge < -0.3 is 10.2 Å². The van der Waals surface area contributed by atoms with E-state index in [1.165, 1.54) is 0 Å². The van der Waals surface area contributed by atoms with Gasteiger partial charge in [-0.1, -0.05) is 0 Å². The summed E-state index contributed by atoms with van der Waals surface area (Å²) < 4.78 is 0. The van der Waals surface area contributed by atoms with Crippen LogP contribution in [0.25, 0.3) is 0 Å². The van der Waals surface area contributed by atoms with E-state index in [0.29, 0.717) is 0 Å².